The third kappa shape index (κ3) is 4.59. The molecule has 0 spiro atoms. The van der Waals surface area contributed by atoms with Gasteiger partial charge in [0.25, 0.3) is 0 Å². The summed E-state index contributed by atoms with van der Waals surface area (Å²) in [5.41, 5.74) is 9.93. The first kappa shape index (κ1) is 23.3. The zero-order chi connectivity index (χ0) is 25.5. The third-order valence-electron chi connectivity index (χ3n) is 6.49. The lowest BCUT2D eigenvalue weighted by Gasteiger charge is -2.18. The maximum absolute atomic E-state index is 12.2. The molecule has 1 aliphatic carbocycles. The van der Waals surface area contributed by atoms with Gasteiger partial charge in [-0.2, -0.15) is 16.4 Å². The number of aromatic amines is 2. The number of anilines is 1. The number of thiophene rings is 1. The van der Waals surface area contributed by atoms with Crippen molar-refractivity contribution in [2.45, 2.75) is 13.3 Å². The molecule has 0 fully saturated rings. The topological polar surface area (TPSA) is 103 Å². The number of likely N-dealkylation sites (N-methyl/N-ethyl adjacent to an activating group) is 1. The first-order valence-electron chi connectivity index (χ1n) is 12.2. The van der Waals surface area contributed by atoms with Crippen molar-refractivity contribution >= 4 is 39.5 Å². The SMILES string of the molecule is CC1C=C(c2ccsc2)c2cc(-c3n[nH]c4ncc(-c5cncc(NC(=O)CN(C)C)c5)cc34)[nH]c2C1. The van der Waals surface area contributed by atoms with Crippen molar-refractivity contribution in [1.29, 1.82) is 0 Å². The fourth-order valence-electron chi connectivity index (χ4n) is 4.87. The summed E-state index contributed by atoms with van der Waals surface area (Å²) in [6.45, 7) is 2.55. The molecule has 1 unspecified atom stereocenters. The Balaban J connectivity index is 1.35. The number of amides is 1. The van der Waals surface area contributed by atoms with Gasteiger partial charge >= 0.3 is 0 Å². The molecular weight excluding hydrogens is 482 g/mol. The molecule has 9 heteroatoms. The molecule has 1 amide bonds. The first-order valence-corrected chi connectivity index (χ1v) is 13.1. The van der Waals surface area contributed by atoms with Crippen LogP contribution in [0.1, 0.15) is 23.7 Å². The molecule has 8 nitrogen and oxygen atoms in total. The van der Waals surface area contributed by atoms with Crippen molar-refractivity contribution in [2.75, 3.05) is 26.0 Å². The summed E-state index contributed by atoms with van der Waals surface area (Å²) in [6, 6.07) is 8.36. The number of pyridine rings is 2. The van der Waals surface area contributed by atoms with Crippen molar-refractivity contribution in [1.82, 2.24) is 30.0 Å². The molecule has 0 bridgehead atoms. The predicted molar refractivity (Wildman–Crippen MR) is 148 cm³/mol. The second-order valence-corrected chi connectivity index (χ2v) is 10.6. The maximum Gasteiger partial charge on any atom is 0.238 e. The normalized spacial score (nSPS) is 15.1. The Morgan fingerprint density at radius 3 is 2.84 bits per heavy atom. The summed E-state index contributed by atoms with van der Waals surface area (Å²) >= 11 is 1.71. The summed E-state index contributed by atoms with van der Waals surface area (Å²) in [7, 11) is 3.72. The molecule has 0 radical (unpaired) electrons. The van der Waals surface area contributed by atoms with E-state index in [9.17, 15) is 4.79 Å². The molecule has 3 N–H and O–H groups in total. The van der Waals surface area contributed by atoms with Crippen LogP contribution in [0, 0.1) is 5.92 Å². The molecule has 0 saturated heterocycles. The fraction of sp³-hybridized carbons (Fsp3) is 0.214. The quantitative estimate of drug-likeness (QED) is 0.292. The number of hydrogen-bond donors (Lipinski definition) is 3. The molecule has 5 heterocycles. The number of fused-ring (bicyclic) bond motifs is 2. The predicted octanol–water partition coefficient (Wildman–Crippen LogP) is 5.20. The molecule has 186 valence electrons. The number of hydrogen-bond acceptors (Lipinski definition) is 6. The van der Waals surface area contributed by atoms with Crippen LogP contribution < -0.4 is 5.32 Å². The lowest BCUT2D eigenvalue weighted by Crippen LogP contribution is -2.27. The Morgan fingerprint density at radius 2 is 2.03 bits per heavy atom. The van der Waals surface area contributed by atoms with E-state index >= 15 is 0 Å². The van der Waals surface area contributed by atoms with Crippen molar-refractivity contribution in [3.05, 3.63) is 76.5 Å². The van der Waals surface area contributed by atoms with Gasteiger partial charge in [-0.3, -0.25) is 14.9 Å². The van der Waals surface area contributed by atoms with E-state index in [0.717, 1.165) is 40.0 Å². The molecular formula is C28H27N7OS. The van der Waals surface area contributed by atoms with Gasteiger partial charge in [-0.05, 0) is 72.6 Å². The Morgan fingerprint density at radius 1 is 1.16 bits per heavy atom. The van der Waals surface area contributed by atoms with Crippen LogP contribution in [0.3, 0.4) is 0 Å². The van der Waals surface area contributed by atoms with E-state index in [2.05, 4.69) is 72.4 Å². The number of rotatable bonds is 6. The minimum atomic E-state index is -0.0875. The average molecular weight is 510 g/mol. The zero-order valence-electron chi connectivity index (χ0n) is 20.9. The van der Waals surface area contributed by atoms with Crippen LogP contribution >= 0.6 is 11.3 Å². The van der Waals surface area contributed by atoms with Crippen LogP contribution in [-0.4, -0.2) is 56.6 Å². The van der Waals surface area contributed by atoms with Crippen LogP contribution in [0.5, 0.6) is 0 Å². The van der Waals surface area contributed by atoms with Gasteiger partial charge in [0.15, 0.2) is 5.65 Å². The Bertz CT molecular complexity index is 1630. The van der Waals surface area contributed by atoms with Gasteiger partial charge in [0, 0.05) is 40.2 Å². The van der Waals surface area contributed by atoms with E-state index in [4.69, 9.17) is 0 Å². The standard InChI is InChI=1S/C28H27N7OS/c1-16-6-21(17-4-5-37-15-17)22-10-25(32-24(22)7-16)27-23-9-19(12-30-28(23)34-33-27)18-8-20(13-29-11-18)31-26(36)14-35(2)3/h4-6,8-13,15-16,32H,7,14H2,1-3H3,(H,31,36)(H,30,33,34). The summed E-state index contributed by atoms with van der Waals surface area (Å²) in [6.07, 6.45) is 8.55. The smallest absolute Gasteiger partial charge is 0.238 e. The Hall–Kier alpha value is -4.08. The Kier molecular flexibility index (Phi) is 5.94. The van der Waals surface area contributed by atoms with Crippen molar-refractivity contribution in [3.63, 3.8) is 0 Å². The molecule has 0 saturated carbocycles. The highest BCUT2D eigenvalue weighted by molar-refractivity contribution is 7.08. The fourth-order valence-corrected chi connectivity index (χ4v) is 5.53. The van der Waals surface area contributed by atoms with Crippen LogP contribution in [0.4, 0.5) is 5.69 Å². The number of carbonyl (C=O) groups excluding carboxylic acids is 1. The molecule has 37 heavy (non-hydrogen) atoms. The van der Waals surface area contributed by atoms with Crippen molar-refractivity contribution in [3.8, 4) is 22.5 Å². The van der Waals surface area contributed by atoms with E-state index in [1.807, 2.05) is 25.1 Å². The van der Waals surface area contributed by atoms with Crippen LogP contribution in [0.2, 0.25) is 0 Å². The van der Waals surface area contributed by atoms with Gasteiger partial charge < -0.3 is 15.2 Å². The molecule has 0 aromatic carbocycles. The van der Waals surface area contributed by atoms with E-state index in [0.29, 0.717) is 18.2 Å². The molecule has 5 aromatic rings. The van der Waals surface area contributed by atoms with Gasteiger partial charge in [-0.1, -0.05) is 13.0 Å². The van der Waals surface area contributed by atoms with Crippen LogP contribution in [-0.2, 0) is 11.2 Å². The number of H-pyrrole nitrogens is 2. The van der Waals surface area contributed by atoms with E-state index in [1.165, 1.54) is 22.4 Å². The lowest BCUT2D eigenvalue weighted by molar-refractivity contribution is -0.116. The van der Waals surface area contributed by atoms with Crippen LogP contribution in [0.15, 0.2) is 59.7 Å². The van der Waals surface area contributed by atoms with E-state index < -0.39 is 0 Å². The number of nitrogens with zero attached hydrogens (tertiary/aromatic N) is 4. The highest BCUT2D eigenvalue weighted by Crippen LogP contribution is 2.38. The van der Waals surface area contributed by atoms with Crippen LogP contribution in [0.25, 0.3) is 39.1 Å². The van der Waals surface area contributed by atoms with Gasteiger partial charge in [0.1, 0.15) is 5.69 Å². The van der Waals surface area contributed by atoms with Gasteiger partial charge in [-0.15, -0.1) is 0 Å². The molecule has 1 aliphatic rings. The van der Waals surface area contributed by atoms with Gasteiger partial charge in [0.05, 0.1) is 24.1 Å². The number of carbonyl (C=O) groups is 1. The number of allylic oxidation sites excluding steroid dienone is 1. The first-order chi connectivity index (χ1) is 17.9. The molecule has 0 aliphatic heterocycles. The summed E-state index contributed by atoms with van der Waals surface area (Å²) < 4.78 is 0. The summed E-state index contributed by atoms with van der Waals surface area (Å²) in [5, 5.41) is 15.9. The molecule has 5 aromatic heterocycles. The highest BCUT2D eigenvalue weighted by Gasteiger charge is 2.23. The summed E-state index contributed by atoms with van der Waals surface area (Å²) in [4.78, 5) is 26.6. The largest absolute Gasteiger partial charge is 0.357 e. The minimum absolute atomic E-state index is 0.0875. The number of aromatic nitrogens is 5. The Labute approximate surface area is 218 Å². The zero-order valence-corrected chi connectivity index (χ0v) is 21.7. The number of nitrogens with one attached hydrogen (secondary N) is 3. The van der Waals surface area contributed by atoms with Crippen molar-refractivity contribution < 1.29 is 4.79 Å². The van der Waals surface area contributed by atoms with Gasteiger partial charge in [0.2, 0.25) is 5.91 Å². The minimum Gasteiger partial charge on any atom is -0.357 e. The molecule has 1 atom stereocenters. The van der Waals surface area contributed by atoms with E-state index in [1.54, 1.807) is 29.9 Å². The highest BCUT2D eigenvalue weighted by atomic mass is 32.1. The summed E-state index contributed by atoms with van der Waals surface area (Å²) in [5.74, 6) is 0.367. The monoisotopic (exact) mass is 509 g/mol. The second kappa shape index (κ2) is 9.42. The molecule has 6 rings (SSSR count). The van der Waals surface area contributed by atoms with Crippen molar-refractivity contribution in [2.24, 2.45) is 5.92 Å². The third-order valence-corrected chi connectivity index (χ3v) is 7.17. The average Bonchev–Trinajstić information content (AvgIpc) is 3.62. The second-order valence-electron chi connectivity index (χ2n) is 9.79. The lowest BCUT2D eigenvalue weighted by atomic mass is 9.87. The van der Waals surface area contributed by atoms with Gasteiger partial charge in [-0.25, -0.2) is 4.98 Å². The maximum atomic E-state index is 12.2. The van der Waals surface area contributed by atoms with E-state index in [-0.39, 0.29) is 5.91 Å².